The lowest BCUT2D eigenvalue weighted by Gasteiger charge is -2.16. The van der Waals surface area contributed by atoms with E-state index in [-0.39, 0.29) is 18.8 Å². The summed E-state index contributed by atoms with van der Waals surface area (Å²) >= 11 is 0. The molecule has 0 aliphatic heterocycles. The molecule has 6 heteroatoms. The van der Waals surface area contributed by atoms with Gasteiger partial charge >= 0.3 is 5.97 Å². The number of nitrogens with zero attached hydrogens (tertiary/aromatic N) is 1. The highest BCUT2D eigenvalue weighted by Gasteiger charge is 2.17. The summed E-state index contributed by atoms with van der Waals surface area (Å²) in [7, 11) is 1.32. The number of aromatic nitrogens is 1. The van der Waals surface area contributed by atoms with Crippen molar-refractivity contribution in [2.45, 2.75) is 70.2 Å². The van der Waals surface area contributed by atoms with Crippen LogP contribution in [0.15, 0.2) is 36.4 Å². The van der Waals surface area contributed by atoms with Crippen molar-refractivity contribution in [1.29, 1.82) is 0 Å². The first kappa shape index (κ1) is 24.0. The van der Waals surface area contributed by atoms with E-state index in [9.17, 15) is 20.1 Å². The van der Waals surface area contributed by atoms with E-state index in [4.69, 9.17) is 0 Å². The molecule has 0 spiro atoms. The van der Waals surface area contributed by atoms with Crippen LogP contribution in [0.25, 0.3) is 17.0 Å². The Kier molecular flexibility index (Phi) is 9.94. The number of hydrogen-bond acceptors (Lipinski definition) is 6. The molecule has 6 nitrogen and oxygen atoms in total. The number of rotatable bonds is 12. The van der Waals surface area contributed by atoms with E-state index in [2.05, 4.69) is 16.6 Å². The average Bonchev–Trinajstić information content (AvgIpc) is 2.76. The third-order valence-electron chi connectivity index (χ3n) is 5.16. The van der Waals surface area contributed by atoms with Gasteiger partial charge in [0.1, 0.15) is 0 Å². The Balaban J connectivity index is 2.15. The molecule has 0 aliphatic rings. The molecule has 3 atom stereocenters. The topological polar surface area (TPSA) is 99.9 Å². The highest BCUT2D eigenvalue weighted by atomic mass is 16.5. The minimum Gasteiger partial charge on any atom is -0.469 e. The van der Waals surface area contributed by atoms with Crippen LogP contribution in [0.5, 0.6) is 0 Å². The van der Waals surface area contributed by atoms with Crippen LogP contribution in [-0.2, 0) is 9.53 Å². The third-order valence-corrected chi connectivity index (χ3v) is 5.16. The van der Waals surface area contributed by atoms with Crippen molar-refractivity contribution in [1.82, 2.24) is 4.98 Å². The van der Waals surface area contributed by atoms with Gasteiger partial charge in [-0.1, -0.05) is 56.5 Å². The lowest BCUT2D eigenvalue weighted by molar-refractivity contribution is -0.140. The van der Waals surface area contributed by atoms with Crippen LogP contribution in [0, 0.1) is 0 Å². The second kappa shape index (κ2) is 12.4. The summed E-state index contributed by atoms with van der Waals surface area (Å²) in [5, 5.41) is 32.1. The predicted octanol–water partition coefficient (Wildman–Crippen LogP) is 3.93. The zero-order chi connectivity index (χ0) is 21.9. The normalized spacial score (nSPS) is 14.7. The lowest BCUT2D eigenvalue weighted by Crippen LogP contribution is -2.23. The summed E-state index contributed by atoms with van der Waals surface area (Å²) in [5.74, 6) is -0.337. The first-order valence-corrected chi connectivity index (χ1v) is 10.6. The van der Waals surface area contributed by atoms with Gasteiger partial charge in [0.25, 0.3) is 0 Å². The van der Waals surface area contributed by atoms with Gasteiger partial charge in [0.2, 0.25) is 0 Å². The van der Waals surface area contributed by atoms with Crippen LogP contribution in [0.1, 0.15) is 69.2 Å². The minimum atomic E-state index is -1.08. The third kappa shape index (κ3) is 7.20. The smallest absolute Gasteiger partial charge is 0.305 e. The van der Waals surface area contributed by atoms with Gasteiger partial charge in [0.15, 0.2) is 0 Å². The highest BCUT2D eigenvalue weighted by molar-refractivity contribution is 5.81. The second-order valence-electron chi connectivity index (χ2n) is 7.55. The molecular formula is C24H33NO5. The zero-order valence-corrected chi connectivity index (χ0v) is 17.8. The second-order valence-corrected chi connectivity index (χ2v) is 7.55. The Hall–Kier alpha value is -2.28. The maximum absolute atomic E-state index is 11.2. The molecule has 2 rings (SSSR count). The number of ether oxygens (including phenoxy) is 1. The quantitative estimate of drug-likeness (QED) is 0.359. The Bertz CT molecular complexity index is 835. The maximum atomic E-state index is 11.2. The number of methoxy groups -OCH3 is 1. The molecule has 0 radical (unpaired) electrons. The van der Waals surface area contributed by atoms with Crippen molar-refractivity contribution in [2.24, 2.45) is 0 Å². The number of para-hydroxylation sites is 1. The van der Waals surface area contributed by atoms with Crippen molar-refractivity contribution >= 4 is 22.9 Å². The van der Waals surface area contributed by atoms with E-state index in [0.29, 0.717) is 18.5 Å². The van der Waals surface area contributed by atoms with Crippen LogP contribution < -0.4 is 0 Å². The number of benzene rings is 1. The fraction of sp³-hybridized carbons (Fsp3) is 0.500. The molecule has 3 N–H and O–H groups in total. The van der Waals surface area contributed by atoms with Crippen molar-refractivity contribution in [3.63, 3.8) is 0 Å². The summed E-state index contributed by atoms with van der Waals surface area (Å²) < 4.78 is 4.58. The van der Waals surface area contributed by atoms with E-state index in [1.54, 1.807) is 6.08 Å². The van der Waals surface area contributed by atoms with Crippen molar-refractivity contribution in [2.75, 3.05) is 7.11 Å². The van der Waals surface area contributed by atoms with Gasteiger partial charge in [-0.25, -0.2) is 4.98 Å². The van der Waals surface area contributed by atoms with E-state index >= 15 is 0 Å². The number of aliphatic hydroxyl groups is 3. The molecule has 30 heavy (non-hydrogen) atoms. The monoisotopic (exact) mass is 415 g/mol. The fourth-order valence-corrected chi connectivity index (χ4v) is 3.33. The van der Waals surface area contributed by atoms with E-state index in [0.717, 1.165) is 35.7 Å². The summed E-state index contributed by atoms with van der Waals surface area (Å²) in [6, 6.07) is 9.63. The number of carbonyl (C=O) groups excluding carboxylic acids is 1. The predicted molar refractivity (Wildman–Crippen MR) is 118 cm³/mol. The number of hydrogen-bond donors (Lipinski definition) is 3. The molecule has 2 aromatic rings. The molecule has 0 saturated heterocycles. The van der Waals surface area contributed by atoms with Gasteiger partial charge < -0.3 is 20.1 Å². The molecule has 0 amide bonds. The molecule has 0 fully saturated rings. The molecule has 0 bridgehead atoms. The molecule has 0 saturated carbocycles. The van der Waals surface area contributed by atoms with Gasteiger partial charge in [-0.3, -0.25) is 4.79 Å². The Morgan fingerprint density at radius 1 is 1.13 bits per heavy atom. The molecular weight excluding hydrogens is 382 g/mol. The number of esters is 1. The zero-order valence-electron chi connectivity index (χ0n) is 17.8. The van der Waals surface area contributed by atoms with Crippen molar-refractivity contribution < 1.29 is 24.9 Å². The van der Waals surface area contributed by atoms with Gasteiger partial charge in [-0.2, -0.15) is 0 Å². The lowest BCUT2D eigenvalue weighted by atomic mass is 10.00. The molecule has 3 unspecified atom stereocenters. The summed E-state index contributed by atoms with van der Waals surface area (Å²) in [6.45, 7) is 2.12. The van der Waals surface area contributed by atoms with Gasteiger partial charge in [-0.05, 0) is 37.0 Å². The Labute approximate surface area is 178 Å². The highest BCUT2D eigenvalue weighted by Crippen LogP contribution is 2.26. The van der Waals surface area contributed by atoms with Gasteiger partial charge in [0.05, 0.1) is 36.6 Å². The number of aliphatic hydroxyl groups excluding tert-OH is 3. The number of pyridine rings is 1. The SMILES string of the molecule is CCCCCC(O)c1nc2ccccc2cc1/C=C/C(O)C(O)CCCC(=O)OC. The van der Waals surface area contributed by atoms with Crippen LogP contribution in [0.2, 0.25) is 0 Å². The molecule has 0 aliphatic carbocycles. The standard InChI is InChI=1S/C24H33NO5/c1-3-4-5-11-22(28)24-18(16-17-9-6-7-10-19(17)25-24)14-15-21(27)20(26)12-8-13-23(29)30-2/h6-7,9-10,14-16,20-22,26-28H,3-5,8,11-13H2,1-2H3/b15-14+. The Morgan fingerprint density at radius 3 is 2.63 bits per heavy atom. The average molecular weight is 416 g/mol. The van der Waals surface area contributed by atoms with Crippen LogP contribution >= 0.6 is 0 Å². The van der Waals surface area contributed by atoms with E-state index < -0.39 is 18.3 Å². The molecule has 1 aromatic heterocycles. The van der Waals surface area contributed by atoms with E-state index in [1.807, 2.05) is 30.3 Å². The summed E-state index contributed by atoms with van der Waals surface area (Å²) in [6.07, 6.45) is 5.02. The molecule has 1 aromatic carbocycles. The number of carbonyl (C=O) groups is 1. The number of unbranched alkanes of at least 4 members (excludes halogenated alkanes) is 2. The number of fused-ring (bicyclic) bond motifs is 1. The summed E-state index contributed by atoms with van der Waals surface area (Å²) in [5.41, 5.74) is 2.11. The largest absolute Gasteiger partial charge is 0.469 e. The fourth-order valence-electron chi connectivity index (χ4n) is 3.33. The summed E-state index contributed by atoms with van der Waals surface area (Å²) in [4.78, 5) is 15.8. The first-order valence-electron chi connectivity index (χ1n) is 10.6. The van der Waals surface area contributed by atoms with E-state index in [1.165, 1.54) is 13.2 Å². The van der Waals surface area contributed by atoms with Gasteiger partial charge in [-0.15, -0.1) is 0 Å². The minimum absolute atomic E-state index is 0.201. The Morgan fingerprint density at radius 2 is 1.90 bits per heavy atom. The van der Waals surface area contributed by atoms with Crippen LogP contribution in [-0.4, -0.2) is 45.6 Å². The van der Waals surface area contributed by atoms with Crippen LogP contribution in [0.4, 0.5) is 0 Å². The van der Waals surface area contributed by atoms with Crippen LogP contribution in [0.3, 0.4) is 0 Å². The van der Waals surface area contributed by atoms with Gasteiger partial charge in [0, 0.05) is 11.8 Å². The maximum Gasteiger partial charge on any atom is 0.305 e. The van der Waals surface area contributed by atoms with Crippen molar-refractivity contribution in [3.05, 3.63) is 47.7 Å². The first-order chi connectivity index (χ1) is 14.5. The molecule has 1 heterocycles. The molecule has 164 valence electrons. The van der Waals surface area contributed by atoms with Crippen molar-refractivity contribution in [3.8, 4) is 0 Å².